The number of aromatic nitrogens is 4. The first-order chi connectivity index (χ1) is 10.1. The van der Waals surface area contributed by atoms with Gasteiger partial charge in [-0.1, -0.05) is 30.3 Å². The summed E-state index contributed by atoms with van der Waals surface area (Å²) in [5.41, 5.74) is 1.48. The lowest BCUT2D eigenvalue weighted by Crippen LogP contribution is -2.34. The molecule has 0 amide bonds. The normalized spacial score (nSPS) is 14.0. The maximum atomic E-state index is 6.22. The number of aryl methyl sites for hydroxylation is 1. The number of alkyl halides is 1. The van der Waals surface area contributed by atoms with Gasteiger partial charge in [-0.3, -0.25) is 4.68 Å². The Bertz CT molecular complexity index is 755. The van der Waals surface area contributed by atoms with Crippen LogP contribution in [0.3, 0.4) is 0 Å². The molecule has 6 heteroatoms. The van der Waals surface area contributed by atoms with Crippen molar-refractivity contribution < 1.29 is 0 Å². The monoisotopic (exact) mass is 301 g/mol. The molecule has 1 unspecified atom stereocenters. The molecule has 1 aromatic carbocycles. The molecule has 0 fully saturated rings. The lowest BCUT2D eigenvalue weighted by Gasteiger charge is -2.30. The standard InChI is InChI=1S/C15H16ClN5/c1-15(9-16,11-6-4-3-5-7-11)20-13-12-8-19-21(2)14(12)18-10-17-13/h3-8,10H,9H2,1-2H3,(H,17,18,20). The molecule has 1 atom stereocenters. The largest absolute Gasteiger partial charge is 0.359 e. The molecule has 0 aliphatic rings. The van der Waals surface area contributed by atoms with Gasteiger partial charge in [0.25, 0.3) is 0 Å². The molecule has 1 N–H and O–H groups in total. The Morgan fingerprint density at radius 2 is 2.00 bits per heavy atom. The van der Waals surface area contributed by atoms with Crippen LogP contribution >= 0.6 is 11.6 Å². The highest BCUT2D eigenvalue weighted by atomic mass is 35.5. The van der Waals surface area contributed by atoms with E-state index in [2.05, 4.69) is 39.4 Å². The van der Waals surface area contributed by atoms with E-state index in [1.807, 2.05) is 25.2 Å². The Kier molecular flexibility index (Phi) is 3.51. The van der Waals surface area contributed by atoms with Gasteiger partial charge in [-0.05, 0) is 12.5 Å². The van der Waals surface area contributed by atoms with Crippen LogP contribution in [0, 0.1) is 0 Å². The van der Waals surface area contributed by atoms with Crippen LogP contribution in [-0.2, 0) is 12.6 Å². The smallest absolute Gasteiger partial charge is 0.163 e. The first kappa shape index (κ1) is 13.8. The minimum absolute atomic E-state index is 0.417. The maximum Gasteiger partial charge on any atom is 0.163 e. The topological polar surface area (TPSA) is 55.6 Å². The van der Waals surface area contributed by atoms with E-state index in [-0.39, 0.29) is 0 Å². The SMILES string of the molecule is Cn1ncc2c(NC(C)(CCl)c3ccccc3)ncnc21. The van der Waals surface area contributed by atoms with Crippen molar-refractivity contribution >= 4 is 28.5 Å². The van der Waals surface area contributed by atoms with Crippen molar-refractivity contribution in [1.82, 2.24) is 19.7 Å². The third kappa shape index (κ3) is 2.45. The van der Waals surface area contributed by atoms with Crippen LogP contribution in [0.2, 0.25) is 0 Å². The molecule has 108 valence electrons. The lowest BCUT2D eigenvalue weighted by molar-refractivity contribution is 0.614. The van der Waals surface area contributed by atoms with Crippen molar-refractivity contribution in [3.05, 3.63) is 48.4 Å². The zero-order valence-electron chi connectivity index (χ0n) is 11.9. The molecule has 0 radical (unpaired) electrons. The summed E-state index contributed by atoms with van der Waals surface area (Å²) in [6.45, 7) is 2.06. The molecule has 3 rings (SSSR count). The van der Waals surface area contributed by atoms with Gasteiger partial charge in [-0.2, -0.15) is 5.10 Å². The number of halogens is 1. The Morgan fingerprint density at radius 1 is 1.24 bits per heavy atom. The first-order valence-corrected chi connectivity index (χ1v) is 7.20. The molecule has 0 saturated carbocycles. The zero-order chi connectivity index (χ0) is 14.9. The van der Waals surface area contributed by atoms with Crippen LogP contribution in [0.15, 0.2) is 42.9 Å². The summed E-state index contributed by atoms with van der Waals surface area (Å²) in [5.74, 6) is 1.16. The molecular formula is C15H16ClN5. The van der Waals surface area contributed by atoms with Gasteiger partial charge in [-0.25, -0.2) is 9.97 Å². The molecule has 2 heterocycles. The summed E-state index contributed by atoms with van der Waals surface area (Å²) in [6.07, 6.45) is 3.29. The number of rotatable bonds is 4. The summed E-state index contributed by atoms with van der Waals surface area (Å²) in [5, 5.41) is 8.55. The molecule has 0 bridgehead atoms. The van der Waals surface area contributed by atoms with E-state index >= 15 is 0 Å². The van der Waals surface area contributed by atoms with Crippen molar-refractivity contribution in [2.45, 2.75) is 12.5 Å². The van der Waals surface area contributed by atoms with Gasteiger partial charge in [0, 0.05) is 12.9 Å². The fraction of sp³-hybridized carbons (Fsp3) is 0.267. The number of benzene rings is 1. The van der Waals surface area contributed by atoms with E-state index in [1.165, 1.54) is 6.33 Å². The molecule has 5 nitrogen and oxygen atoms in total. The van der Waals surface area contributed by atoms with E-state index in [9.17, 15) is 0 Å². The van der Waals surface area contributed by atoms with E-state index in [0.717, 1.165) is 22.4 Å². The second-order valence-electron chi connectivity index (χ2n) is 5.18. The molecule has 0 aliphatic heterocycles. The Labute approximate surface area is 128 Å². The molecular weight excluding hydrogens is 286 g/mol. The van der Waals surface area contributed by atoms with Gasteiger partial charge in [-0.15, -0.1) is 11.6 Å². The summed E-state index contributed by atoms with van der Waals surface area (Å²) in [6, 6.07) is 10.1. The van der Waals surface area contributed by atoms with E-state index in [1.54, 1.807) is 10.9 Å². The predicted octanol–water partition coefficient (Wildman–Crippen LogP) is 2.93. The second kappa shape index (κ2) is 5.33. The van der Waals surface area contributed by atoms with E-state index in [0.29, 0.717) is 5.88 Å². The van der Waals surface area contributed by atoms with E-state index in [4.69, 9.17) is 11.6 Å². The molecule has 0 spiro atoms. The van der Waals surface area contributed by atoms with Gasteiger partial charge < -0.3 is 5.32 Å². The fourth-order valence-electron chi connectivity index (χ4n) is 2.31. The van der Waals surface area contributed by atoms with Gasteiger partial charge >= 0.3 is 0 Å². The van der Waals surface area contributed by atoms with Crippen molar-refractivity contribution in [1.29, 1.82) is 0 Å². The van der Waals surface area contributed by atoms with Crippen LogP contribution < -0.4 is 5.32 Å². The maximum absolute atomic E-state index is 6.22. The number of hydrogen-bond acceptors (Lipinski definition) is 4. The van der Waals surface area contributed by atoms with Gasteiger partial charge in [0.15, 0.2) is 5.65 Å². The predicted molar refractivity (Wildman–Crippen MR) is 84.4 cm³/mol. The molecule has 21 heavy (non-hydrogen) atoms. The van der Waals surface area contributed by atoms with Crippen molar-refractivity contribution in [2.24, 2.45) is 7.05 Å². The summed E-state index contributed by atoms with van der Waals surface area (Å²) < 4.78 is 1.72. The average molecular weight is 302 g/mol. The summed E-state index contributed by atoms with van der Waals surface area (Å²) >= 11 is 6.22. The highest BCUT2D eigenvalue weighted by Crippen LogP contribution is 2.29. The Balaban J connectivity index is 2.04. The summed E-state index contributed by atoms with van der Waals surface area (Å²) in [4.78, 5) is 8.59. The number of fused-ring (bicyclic) bond motifs is 1. The third-order valence-electron chi connectivity index (χ3n) is 3.60. The van der Waals surface area contributed by atoms with Crippen molar-refractivity contribution in [3.8, 4) is 0 Å². The van der Waals surface area contributed by atoms with Crippen LogP contribution in [0.4, 0.5) is 5.82 Å². The average Bonchev–Trinajstić information content (AvgIpc) is 2.91. The molecule has 0 aliphatic carbocycles. The molecule has 0 saturated heterocycles. The van der Waals surface area contributed by atoms with Crippen LogP contribution in [0.25, 0.3) is 11.0 Å². The van der Waals surface area contributed by atoms with Crippen LogP contribution in [0.1, 0.15) is 12.5 Å². The quantitative estimate of drug-likeness (QED) is 0.753. The number of nitrogens with zero attached hydrogens (tertiary/aromatic N) is 4. The molecule has 3 aromatic rings. The lowest BCUT2D eigenvalue weighted by atomic mass is 9.94. The third-order valence-corrected chi connectivity index (χ3v) is 4.14. The fourth-order valence-corrected chi connectivity index (χ4v) is 2.53. The highest BCUT2D eigenvalue weighted by Gasteiger charge is 2.26. The van der Waals surface area contributed by atoms with Crippen molar-refractivity contribution in [3.63, 3.8) is 0 Å². The number of hydrogen-bond donors (Lipinski definition) is 1. The zero-order valence-corrected chi connectivity index (χ0v) is 12.7. The minimum Gasteiger partial charge on any atom is -0.359 e. The van der Waals surface area contributed by atoms with Gasteiger partial charge in [0.05, 0.1) is 17.1 Å². The molecule has 2 aromatic heterocycles. The highest BCUT2D eigenvalue weighted by molar-refractivity contribution is 6.18. The Hall–Kier alpha value is -2.14. The van der Waals surface area contributed by atoms with Crippen LogP contribution in [0.5, 0.6) is 0 Å². The minimum atomic E-state index is -0.417. The van der Waals surface area contributed by atoms with Gasteiger partial charge in [0.1, 0.15) is 12.1 Å². The number of nitrogens with one attached hydrogen (secondary N) is 1. The van der Waals surface area contributed by atoms with Gasteiger partial charge in [0.2, 0.25) is 0 Å². The first-order valence-electron chi connectivity index (χ1n) is 6.66. The van der Waals surface area contributed by atoms with Crippen LogP contribution in [-0.4, -0.2) is 25.6 Å². The Morgan fingerprint density at radius 3 is 2.71 bits per heavy atom. The van der Waals surface area contributed by atoms with Crippen molar-refractivity contribution in [2.75, 3.05) is 11.2 Å². The summed E-state index contributed by atoms with van der Waals surface area (Å²) in [7, 11) is 1.86. The second-order valence-corrected chi connectivity index (χ2v) is 5.45. The van der Waals surface area contributed by atoms with E-state index < -0.39 is 5.54 Å². The number of anilines is 1.